The van der Waals surface area contributed by atoms with Gasteiger partial charge >= 0.3 is 0 Å². The van der Waals surface area contributed by atoms with Gasteiger partial charge in [-0.3, -0.25) is 9.58 Å². The van der Waals surface area contributed by atoms with Crippen LogP contribution in [0.1, 0.15) is 37.2 Å². The van der Waals surface area contributed by atoms with E-state index in [0.717, 1.165) is 59.0 Å². The molecular weight excluding hydrogens is 440 g/mol. The Morgan fingerprint density at radius 1 is 1.15 bits per heavy atom. The second-order valence-electron chi connectivity index (χ2n) is 10.1. The maximum atomic E-state index is 10.2. The van der Waals surface area contributed by atoms with Gasteiger partial charge in [-0.05, 0) is 68.3 Å². The summed E-state index contributed by atoms with van der Waals surface area (Å²) in [6.45, 7) is 2.94. The molecule has 2 aliphatic carbocycles. The van der Waals surface area contributed by atoms with Gasteiger partial charge in [0.05, 0.1) is 48.3 Å². The lowest BCUT2D eigenvalue weighted by atomic mass is 9.88. The molecule has 2 saturated carbocycles. The van der Waals surface area contributed by atoms with E-state index in [-0.39, 0.29) is 12.1 Å². The number of hydrogen-bond acceptors (Lipinski definition) is 7. The van der Waals surface area contributed by atoms with E-state index in [1.54, 1.807) is 0 Å². The second-order valence-corrected chi connectivity index (χ2v) is 10.5. The van der Waals surface area contributed by atoms with Crippen LogP contribution in [0.4, 0.5) is 11.6 Å². The minimum Gasteiger partial charge on any atom is -0.389 e. The Morgan fingerprint density at radius 2 is 1.97 bits per heavy atom. The summed E-state index contributed by atoms with van der Waals surface area (Å²) in [4.78, 5) is 11.6. The molecule has 33 heavy (non-hydrogen) atoms. The van der Waals surface area contributed by atoms with Crippen molar-refractivity contribution in [3.8, 4) is 0 Å². The first-order chi connectivity index (χ1) is 16.1. The molecule has 2 saturated heterocycles. The zero-order valence-electron chi connectivity index (χ0n) is 18.3. The number of halogens is 1. The molecule has 172 valence electrons. The van der Waals surface area contributed by atoms with Crippen molar-refractivity contribution in [1.82, 2.24) is 24.6 Å². The van der Waals surface area contributed by atoms with E-state index in [0.29, 0.717) is 30.6 Å². The highest BCUT2D eigenvalue weighted by atomic mass is 35.5. The Kier molecular flexibility index (Phi) is 4.50. The Morgan fingerprint density at radius 3 is 2.70 bits per heavy atom. The topological polar surface area (TPSA) is 88.3 Å². The van der Waals surface area contributed by atoms with Crippen LogP contribution in [0.25, 0.3) is 10.9 Å². The quantitative estimate of drug-likeness (QED) is 0.596. The number of likely N-dealkylation sites (tertiary alicyclic amines) is 1. The third-order valence-electron chi connectivity index (χ3n) is 8.09. The highest BCUT2D eigenvalue weighted by Gasteiger charge is 2.72. The van der Waals surface area contributed by atoms with Crippen molar-refractivity contribution in [3.63, 3.8) is 0 Å². The van der Waals surface area contributed by atoms with E-state index < -0.39 is 0 Å². The fraction of sp³-hybridized carbons (Fsp3) is 0.542. The SMILES string of the molecule is OC1COCC1N1CCC(c2cc3nc(Nc4cnn(C56CC5C6)c4)ncc3cc2Cl)CC1. The molecule has 1 aromatic carbocycles. The molecule has 2 unspecified atom stereocenters. The summed E-state index contributed by atoms with van der Waals surface area (Å²) in [5, 5.41) is 19.7. The van der Waals surface area contributed by atoms with Crippen LogP contribution in [0, 0.1) is 5.92 Å². The number of anilines is 2. The molecule has 2 N–H and O–H groups in total. The van der Waals surface area contributed by atoms with Crippen molar-refractivity contribution in [2.45, 2.75) is 49.3 Å². The third-order valence-corrected chi connectivity index (χ3v) is 8.42. The summed E-state index contributed by atoms with van der Waals surface area (Å²) >= 11 is 6.69. The minimum absolute atomic E-state index is 0.120. The van der Waals surface area contributed by atoms with Crippen molar-refractivity contribution >= 4 is 34.1 Å². The minimum atomic E-state index is -0.379. The summed E-state index contributed by atoms with van der Waals surface area (Å²) in [6.07, 6.45) is 9.90. The summed E-state index contributed by atoms with van der Waals surface area (Å²) in [5.74, 6) is 1.79. The van der Waals surface area contributed by atoms with Gasteiger partial charge < -0.3 is 15.2 Å². The fourth-order valence-corrected chi connectivity index (χ4v) is 6.00. The van der Waals surface area contributed by atoms with Gasteiger partial charge in [0.25, 0.3) is 0 Å². The third kappa shape index (κ3) is 3.43. The van der Waals surface area contributed by atoms with Crippen molar-refractivity contribution in [2.24, 2.45) is 5.92 Å². The van der Waals surface area contributed by atoms with Gasteiger partial charge in [0.2, 0.25) is 5.95 Å². The smallest absolute Gasteiger partial charge is 0.227 e. The molecule has 0 spiro atoms. The normalized spacial score (nSPS) is 31.6. The Hall–Kier alpha value is -2.26. The molecule has 7 rings (SSSR count). The van der Waals surface area contributed by atoms with Gasteiger partial charge in [0.1, 0.15) is 0 Å². The second kappa shape index (κ2) is 7.37. The Balaban J connectivity index is 1.09. The molecule has 0 amide bonds. The zero-order valence-corrected chi connectivity index (χ0v) is 19.1. The predicted octanol–water partition coefficient (Wildman–Crippen LogP) is 3.28. The number of fused-ring (bicyclic) bond motifs is 2. The first kappa shape index (κ1) is 20.1. The molecule has 3 aromatic rings. The number of ether oxygens (including phenoxy) is 1. The lowest BCUT2D eigenvalue weighted by Crippen LogP contribution is -2.46. The molecule has 0 bridgehead atoms. The highest BCUT2D eigenvalue weighted by molar-refractivity contribution is 6.32. The van der Waals surface area contributed by atoms with Crippen LogP contribution >= 0.6 is 11.6 Å². The van der Waals surface area contributed by atoms with Crippen LogP contribution < -0.4 is 5.32 Å². The van der Waals surface area contributed by atoms with Crippen molar-refractivity contribution in [1.29, 1.82) is 0 Å². The van der Waals surface area contributed by atoms with Crippen LogP contribution in [0.5, 0.6) is 0 Å². The molecule has 2 aliphatic heterocycles. The number of aliphatic hydroxyl groups is 1. The van der Waals surface area contributed by atoms with Crippen molar-refractivity contribution in [2.75, 3.05) is 31.6 Å². The molecule has 4 heterocycles. The van der Waals surface area contributed by atoms with Crippen LogP contribution in [0.15, 0.2) is 30.7 Å². The molecule has 9 heteroatoms. The predicted molar refractivity (Wildman–Crippen MR) is 125 cm³/mol. The summed E-state index contributed by atoms with van der Waals surface area (Å²) in [6, 6.07) is 4.22. The number of benzene rings is 1. The fourth-order valence-electron chi connectivity index (χ4n) is 5.67. The number of aromatic nitrogens is 4. The molecule has 4 aliphatic rings. The van der Waals surface area contributed by atoms with Crippen LogP contribution in [0.2, 0.25) is 5.02 Å². The molecule has 4 fully saturated rings. The van der Waals surface area contributed by atoms with E-state index in [4.69, 9.17) is 21.3 Å². The van der Waals surface area contributed by atoms with Crippen molar-refractivity contribution in [3.05, 3.63) is 41.3 Å². The summed E-state index contributed by atoms with van der Waals surface area (Å²) in [5.41, 5.74) is 3.29. The molecular formula is C24H27ClN6O2. The van der Waals surface area contributed by atoms with Crippen LogP contribution in [0.3, 0.4) is 0 Å². The first-order valence-corrected chi connectivity index (χ1v) is 12.3. The van der Waals surface area contributed by atoms with Gasteiger partial charge in [-0.15, -0.1) is 0 Å². The van der Waals surface area contributed by atoms with Gasteiger partial charge in [-0.2, -0.15) is 5.10 Å². The van der Waals surface area contributed by atoms with Gasteiger partial charge in [0, 0.05) is 22.8 Å². The maximum absolute atomic E-state index is 10.2. The lowest BCUT2D eigenvalue weighted by Gasteiger charge is -2.36. The molecule has 0 radical (unpaired) electrons. The number of nitrogens with zero attached hydrogens (tertiary/aromatic N) is 5. The first-order valence-electron chi connectivity index (χ1n) is 11.9. The van der Waals surface area contributed by atoms with E-state index >= 15 is 0 Å². The van der Waals surface area contributed by atoms with E-state index in [1.807, 2.05) is 18.5 Å². The average molecular weight is 467 g/mol. The van der Waals surface area contributed by atoms with Gasteiger partial charge in [-0.1, -0.05) is 11.6 Å². The van der Waals surface area contributed by atoms with Crippen LogP contribution in [-0.4, -0.2) is 68.2 Å². The maximum Gasteiger partial charge on any atom is 0.227 e. The monoisotopic (exact) mass is 466 g/mol. The number of aliphatic hydroxyl groups excluding tert-OH is 1. The lowest BCUT2D eigenvalue weighted by molar-refractivity contribution is 0.0663. The molecule has 2 atom stereocenters. The summed E-state index contributed by atoms with van der Waals surface area (Å²) in [7, 11) is 0. The van der Waals surface area contributed by atoms with E-state index in [2.05, 4.69) is 37.2 Å². The average Bonchev–Trinajstić information content (AvgIpc) is 3.55. The largest absolute Gasteiger partial charge is 0.389 e. The van der Waals surface area contributed by atoms with Gasteiger partial charge in [0.15, 0.2) is 0 Å². The summed E-state index contributed by atoms with van der Waals surface area (Å²) < 4.78 is 7.54. The van der Waals surface area contributed by atoms with Gasteiger partial charge in [-0.25, -0.2) is 9.97 Å². The Labute approximate surface area is 196 Å². The molecule has 8 nitrogen and oxygen atoms in total. The number of hydrogen-bond donors (Lipinski definition) is 2. The number of piperidine rings is 1. The van der Waals surface area contributed by atoms with Crippen LogP contribution in [-0.2, 0) is 10.3 Å². The highest BCUT2D eigenvalue weighted by Crippen LogP contribution is 2.72. The standard InChI is InChI=1S/C24H27ClN6O2/c25-19-5-15-9-26-23(28-17-10-27-31(11-17)24-7-16(24)8-24)29-20(15)6-18(19)14-1-3-30(4-2-14)21-12-33-13-22(21)32/h5-6,9-11,14,16,21-22,32H,1-4,7-8,12-13H2,(H,26,28,29). The Bertz CT molecular complexity index is 1220. The molecule has 2 aromatic heterocycles. The number of rotatable bonds is 5. The van der Waals surface area contributed by atoms with Crippen molar-refractivity contribution < 1.29 is 9.84 Å². The van der Waals surface area contributed by atoms with E-state index in [9.17, 15) is 5.11 Å². The zero-order chi connectivity index (χ0) is 22.2. The van der Waals surface area contributed by atoms with E-state index in [1.165, 1.54) is 12.8 Å². The number of nitrogens with one attached hydrogen (secondary N) is 1.